The van der Waals surface area contributed by atoms with Gasteiger partial charge in [0.15, 0.2) is 5.96 Å². The third-order valence-corrected chi connectivity index (χ3v) is 4.74. The minimum absolute atomic E-state index is 0. The Kier molecular flexibility index (Phi) is 10.1. The minimum Gasteiger partial charge on any atom is -0.355 e. The van der Waals surface area contributed by atoms with Crippen LogP contribution in [0.4, 0.5) is 0 Å². The van der Waals surface area contributed by atoms with Crippen LogP contribution in [0.2, 0.25) is 0 Å². The van der Waals surface area contributed by atoms with Crippen LogP contribution in [0.1, 0.15) is 16.8 Å². The Morgan fingerprint density at radius 2 is 2.10 bits per heavy atom. The number of rotatable bonds is 7. The van der Waals surface area contributed by atoms with E-state index in [0.717, 1.165) is 5.01 Å². The summed E-state index contributed by atoms with van der Waals surface area (Å²) in [5.41, 5.74) is 0. The summed E-state index contributed by atoms with van der Waals surface area (Å²) in [5.74, 6) is 0.706. The Morgan fingerprint density at radius 1 is 1.38 bits per heavy atom. The van der Waals surface area contributed by atoms with Gasteiger partial charge in [-0.3, -0.25) is 4.99 Å². The molecule has 0 saturated carbocycles. The number of nitrogens with one attached hydrogen (secondary N) is 3. The molecule has 7 nitrogen and oxygen atoms in total. The van der Waals surface area contributed by atoms with Gasteiger partial charge in [-0.05, 0) is 13.8 Å². The van der Waals surface area contributed by atoms with E-state index >= 15 is 0 Å². The lowest BCUT2D eigenvalue weighted by Gasteiger charge is -2.11. The highest BCUT2D eigenvalue weighted by atomic mass is 127. The molecule has 0 fully saturated rings. The Hall–Kier alpha value is -0.460. The Labute approximate surface area is 147 Å². The first-order chi connectivity index (χ1) is 9.46. The third kappa shape index (κ3) is 8.53. The normalized spacial score (nSPS) is 11.9. The topological polar surface area (TPSA) is 95.5 Å². The molecule has 0 aliphatic carbocycles. The number of hydrogen-bond donors (Lipinski definition) is 3. The Bertz CT molecular complexity index is 545. The summed E-state index contributed by atoms with van der Waals surface area (Å²) in [4.78, 5) is 9.47. The van der Waals surface area contributed by atoms with Gasteiger partial charge in [0.1, 0.15) is 5.01 Å². The van der Waals surface area contributed by atoms with Gasteiger partial charge in [-0.15, -0.1) is 35.3 Å². The van der Waals surface area contributed by atoms with Crippen molar-refractivity contribution in [3.05, 3.63) is 16.1 Å². The first-order valence-corrected chi connectivity index (χ1v) is 8.77. The van der Waals surface area contributed by atoms with Crippen LogP contribution in [-0.2, 0) is 16.6 Å². The molecule has 0 radical (unpaired) electrons. The standard InChI is InChI=1S/C11H21N5O2S2.HI/c1-4-20(17,18)16-6-5-13-11(12-3)15-8-10-14-7-9(2)19-10;/h7,16H,4-6,8H2,1-3H3,(H2,12,13,15);1H. The van der Waals surface area contributed by atoms with E-state index in [2.05, 4.69) is 25.3 Å². The molecule has 0 aliphatic heterocycles. The lowest BCUT2D eigenvalue weighted by molar-refractivity contribution is 0.582. The summed E-state index contributed by atoms with van der Waals surface area (Å²) in [6, 6.07) is 0. The molecular formula is C11H22IN5O2S2. The van der Waals surface area contributed by atoms with Gasteiger partial charge in [0, 0.05) is 31.2 Å². The number of sulfonamides is 1. The zero-order valence-corrected chi connectivity index (χ0v) is 16.3. The second-order valence-electron chi connectivity index (χ2n) is 4.01. The van der Waals surface area contributed by atoms with Crippen LogP contribution >= 0.6 is 35.3 Å². The average molecular weight is 447 g/mol. The molecule has 21 heavy (non-hydrogen) atoms. The van der Waals surface area contributed by atoms with Crippen molar-refractivity contribution in [2.75, 3.05) is 25.9 Å². The van der Waals surface area contributed by atoms with Crippen molar-refractivity contribution in [1.29, 1.82) is 0 Å². The number of aromatic nitrogens is 1. The SMILES string of the molecule is CCS(=O)(=O)NCCNC(=NC)NCc1ncc(C)s1.I. The minimum atomic E-state index is -3.14. The summed E-state index contributed by atoms with van der Waals surface area (Å²) in [5, 5.41) is 7.14. The van der Waals surface area contributed by atoms with Gasteiger partial charge in [-0.2, -0.15) is 0 Å². The zero-order chi connectivity index (χ0) is 15.0. The van der Waals surface area contributed by atoms with Crippen LogP contribution in [-0.4, -0.2) is 45.3 Å². The summed E-state index contributed by atoms with van der Waals surface area (Å²) in [6.07, 6.45) is 1.83. The molecule has 0 aliphatic rings. The van der Waals surface area contributed by atoms with Crippen LogP contribution in [0.15, 0.2) is 11.2 Å². The molecule has 1 aromatic rings. The van der Waals surface area contributed by atoms with Crippen LogP contribution in [0.5, 0.6) is 0 Å². The summed E-state index contributed by atoms with van der Waals surface area (Å²) in [7, 11) is -1.47. The highest BCUT2D eigenvalue weighted by Gasteiger charge is 2.05. The molecule has 122 valence electrons. The predicted octanol–water partition coefficient (Wildman–Crippen LogP) is 0.674. The fraction of sp³-hybridized carbons (Fsp3) is 0.636. The van der Waals surface area contributed by atoms with Crippen molar-refractivity contribution in [3.8, 4) is 0 Å². The first kappa shape index (κ1) is 20.5. The molecule has 1 rings (SSSR count). The second-order valence-corrected chi connectivity index (χ2v) is 7.43. The smallest absolute Gasteiger partial charge is 0.211 e. The molecule has 10 heteroatoms. The number of nitrogens with zero attached hydrogens (tertiary/aromatic N) is 2. The molecule has 3 N–H and O–H groups in total. The maximum absolute atomic E-state index is 11.2. The van der Waals surface area contributed by atoms with E-state index in [1.54, 1.807) is 25.3 Å². The molecule has 1 aromatic heterocycles. The summed E-state index contributed by atoms with van der Waals surface area (Å²) in [6.45, 7) is 5.00. The van der Waals surface area contributed by atoms with Gasteiger partial charge in [0.25, 0.3) is 0 Å². The van der Waals surface area contributed by atoms with Gasteiger partial charge in [-0.25, -0.2) is 18.1 Å². The molecule has 0 bridgehead atoms. The number of halogens is 1. The fourth-order valence-electron chi connectivity index (χ4n) is 1.35. The first-order valence-electron chi connectivity index (χ1n) is 6.30. The largest absolute Gasteiger partial charge is 0.355 e. The molecule has 0 saturated heterocycles. The quantitative estimate of drug-likeness (QED) is 0.247. The predicted molar refractivity (Wildman–Crippen MR) is 97.9 cm³/mol. The maximum Gasteiger partial charge on any atom is 0.211 e. The monoisotopic (exact) mass is 447 g/mol. The number of aliphatic imine (C=N–C) groups is 1. The van der Waals surface area contributed by atoms with E-state index in [1.165, 1.54) is 4.88 Å². The van der Waals surface area contributed by atoms with Gasteiger partial charge in [0.2, 0.25) is 10.0 Å². The number of hydrogen-bond acceptors (Lipinski definition) is 5. The van der Waals surface area contributed by atoms with E-state index in [-0.39, 0.29) is 29.7 Å². The van der Waals surface area contributed by atoms with E-state index in [1.807, 2.05) is 13.1 Å². The molecule has 0 amide bonds. The third-order valence-electron chi connectivity index (χ3n) is 2.42. The lowest BCUT2D eigenvalue weighted by atomic mass is 10.6. The van der Waals surface area contributed by atoms with Crippen LogP contribution < -0.4 is 15.4 Å². The van der Waals surface area contributed by atoms with Gasteiger partial charge < -0.3 is 10.6 Å². The number of aryl methyl sites for hydroxylation is 1. The van der Waals surface area contributed by atoms with E-state index in [4.69, 9.17) is 0 Å². The van der Waals surface area contributed by atoms with Crippen molar-refractivity contribution in [1.82, 2.24) is 20.3 Å². The van der Waals surface area contributed by atoms with Gasteiger partial charge in [0.05, 0.1) is 12.3 Å². The molecule has 0 spiro atoms. The van der Waals surface area contributed by atoms with Crippen molar-refractivity contribution in [2.24, 2.45) is 4.99 Å². The van der Waals surface area contributed by atoms with Crippen LogP contribution in [0.25, 0.3) is 0 Å². The maximum atomic E-state index is 11.2. The van der Waals surface area contributed by atoms with Crippen molar-refractivity contribution in [3.63, 3.8) is 0 Å². The van der Waals surface area contributed by atoms with E-state index in [0.29, 0.717) is 25.6 Å². The Balaban J connectivity index is 0.00000400. The highest BCUT2D eigenvalue weighted by molar-refractivity contribution is 14.0. The molecule has 0 atom stereocenters. The average Bonchev–Trinajstić information content (AvgIpc) is 2.84. The van der Waals surface area contributed by atoms with Crippen molar-refractivity contribution in [2.45, 2.75) is 20.4 Å². The molecule has 0 aromatic carbocycles. The van der Waals surface area contributed by atoms with E-state index < -0.39 is 10.0 Å². The second kappa shape index (κ2) is 10.3. The van der Waals surface area contributed by atoms with Gasteiger partial charge >= 0.3 is 0 Å². The molecular weight excluding hydrogens is 425 g/mol. The van der Waals surface area contributed by atoms with Crippen LogP contribution in [0, 0.1) is 6.92 Å². The molecule has 1 heterocycles. The fourth-order valence-corrected chi connectivity index (χ4v) is 2.70. The Morgan fingerprint density at radius 3 is 2.62 bits per heavy atom. The zero-order valence-electron chi connectivity index (χ0n) is 12.3. The molecule has 0 unspecified atom stereocenters. The van der Waals surface area contributed by atoms with Gasteiger partial charge in [-0.1, -0.05) is 0 Å². The number of thiazole rings is 1. The van der Waals surface area contributed by atoms with Crippen molar-refractivity contribution < 1.29 is 8.42 Å². The van der Waals surface area contributed by atoms with Crippen LogP contribution in [0.3, 0.4) is 0 Å². The highest BCUT2D eigenvalue weighted by Crippen LogP contribution is 2.10. The summed E-state index contributed by atoms with van der Waals surface area (Å²) >= 11 is 1.63. The van der Waals surface area contributed by atoms with Crippen molar-refractivity contribution >= 4 is 51.3 Å². The number of guanidine groups is 1. The lowest BCUT2D eigenvalue weighted by Crippen LogP contribution is -2.41. The summed E-state index contributed by atoms with van der Waals surface area (Å²) < 4.78 is 25.0. The van der Waals surface area contributed by atoms with E-state index in [9.17, 15) is 8.42 Å².